The van der Waals surface area contributed by atoms with Gasteiger partial charge in [0.15, 0.2) is 0 Å². The second-order valence-electron chi connectivity index (χ2n) is 21.1. The maximum atomic E-state index is 13.5. The Kier molecular flexibility index (Phi) is 48.5. The highest BCUT2D eigenvalue weighted by molar-refractivity contribution is 7.45. The molecule has 3 unspecified atom stereocenters. The van der Waals surface area contributed by atoms with Crippen LogP contribution < -0.4 is 10.2 Å². The molecule has 10 heteroatoms. The topological polar surface area (TPSA) is 114 Å². The Labute approximate surface area is 427 Å². The van der Waals surface area contributed by atoms with Crippen molar-refractivity contribution in [1.82, 2.24) is 5.32 Å². The lowest BCUT2D eigenvalue weighted by Crippen LogP contribution is -2.47. The van der Waals surface area contributed by atoms with Crippen LogP contribution in [-0.4, -0.2) is 69.4 Å². The molecule has 0 aromatic carbocycles. The number of quaternary nitrogens is 1. The van der Waals surface area contributed by atoms with Crippen molar-refractivity contribution in [2.24, 2.45) is 0 Å². The Bertz CT molecular complexity index is 1280. The van der Waals surface area contributed by atoms with Gasteiger partial charge in [0.2, 0.25) is 5.91 Å². The van der Waals surface area contributed by atoms with E-state index in [1.807, 2.05) is 33.3 Å². The first kappa shape index (κ1) is 67.2. The smallest absolute Gasteiger partial charge is 0.306 e. The second-order valence-corrected chi connectivity index (χ2v) is 22.5. The minimum atomic E-state index is -4.69. The first-order valence-electron chi connectivity index (χ1n) is 29.3. The molecule has 1 N–H and O–H groups in total. The molecule has 3 atom stereocenters. The zero-order valence-corrected chi connectivity index (χ0v) is 47.2. The summed E-state index contributed by atoms with van der Waals surface area (Å²) < 4.78 is 30.2. The van der Waals surface area contributed by atoms with Crippen LogP contribution in [0.5, 0.6) is 0 Å². The molecule has 0 aliphatic rings. The van der Waals surface area contributed by atoms with Gasteiger partial charge in [0.25, 0.3) is 7.82 Å². The average molecular weight is 994 g/mol. The van der Waals surface area contributed by atoms with Crippen LogP contribution in [0.1, 0.15) is 278 Å². The highest BCUT2D eigenvalue weighted by atomic mass is 31.2. The zero-order chi connectivity index (χ0) is 50.8. The summed E-state index contributed by atoms with van der Waals surface area (Å²) in [4.78, 5) is 39.9. The van der Waals surface area contributed by atoms with Crippen LogP contribution in [0.2, 0.25) is 0 Å². The molecule has 0 bridgehead atoms. The summed E-state index contributed by atoms with van der Waals surface area (Å²) in [6.45, 7) is 6.75. The van der Waals surface area contributed by atoms with E-state index in [2.05, 4.69) is 50.4 Å². The van der Waals surface area contributed by atoms with E-state index in [4.69, 9.17) is 13.8 Å². The lowest BCUT2D eigenvalue weighted by Gasteiger charge is -2.30. The molecular formula is C59H113N2O7P. The minimum Gasteiger partial charge on any atom is -0.756 e. The van der Waals surface area contributed by atoms with E-state index in [1.54, 1.807) is 0 Å². The second kappa shape index (κ2) is 49.8. The van der Waals surface area contributed by atoms with Crippen molar-refractivity contribution in [2.45, 2.75) is 290 Å². The number of phosphoric ester groups is 1. The Balaban J connectivity index is 5.30. The van der Waals surface area contributed by atoms with E-state index in [9.17, 15) is 19.0 Å². The fourth-order valence-corrected chi connectivity index (χ4v) is 9.28. The third-order valence-electron chi connectivity index (χ3n) is 13.1. The molecule has 0 spiro atoms. The number of amides is 1. The zero-order valence-electron chi connectivity index (χ0n) is 46.3. The van der Waals surface area contributed by atoms with Crippen molar-refractivity contribution in [3.63, 3.8) is 0 Å². The molecule has 0 radical (unpaired) electrons. The lowest BCUT2D eigenvalue weighted by molar-refractivity contribution is -0.870. The molecule has 9 nitrogen and oxygen atoms in total. The summed E-state index contributed by atoms with van der Waals surface area (Å²) in [5.41, 5.74) is 0. The minimum absolute atomic E-state index is 0.0215. The summed E-state index contributed by atoms with van der Waals surface area (Å²) >= 11 is 0. The van der Waals surface area contributed by atoms with E-state index < -0.39 is 20.0 Å². The van der Waals surface area contributed by atoms with Crippen molar-refractivity contribution in [2.75, 3.05) is 40.9 Å². The van der Waals surface area contributed by atoms with Crippen LogP contribution in [0.25, 0.3) is 0 Å². The number of ether oxygens (including phenoxy) is 1. The molecule has 0 aliphatic carbocycles. The number of allylic oxidation sites excluding steroid dienone is 5. The number of phosphoric acid groups is 1. The normalized spacial score (nSPS) is 14.0. The van der Waals surface area contributed by atoms with E-state index in [1.165, 1.54) is 161 Å². The first-order valence-corrected chi connectivity index (χ1v) is 30.8. The van der Waals surface area contributed by atoms with Gasteiger partial charge in [0.1, 0.15) is 19.3 Å². The van der Waals surface area contributed by atoms with Gasteiger partial charge in [-0.1, -0.05) is 244 Å². The Morgan fingerprint density at radius 1 is 0.522 bits per heavy atom. The third-order valence-corrected chi connectivity index (χ3v) is 14.0. The van der Waals surface area contributed by atoms with Crippen LogP contribution >= 0.6 is 7.82 Å². The number of nitrogens with one attached hydrogen (secondary N) is 1. The summed E-state index contributed by atoms with van der Waals surface area (Å²) in [6, 6.07) is -0.886. The van der Waals surface area contributed by atoms with Gasteiger partial charge in [-0.05, 0) is 57.4 Å². The summed E-state index contributed by atoms with van der Waals surface area (Å²) in [7, 11) is 1.19. The largest absolute Gasteiger partial charge is 0.756 e. The Morgan fingerprint density at radius 3 is 1.38 bits per heavy atom. The van der Waals surface area contributed by atoms with Gasteiger partial charge in [0.05, 0.1) is 33.8 Å². The molecule has 0 aliphatic heterocycles. The highest BCUT2D eigenvalue weighted by Crippen LogP contribution is 2.38. The molecule has 0 heterocycles. The van der Waals surface area contributed by atoms with Crippen molar-refractivity contribution in [3.8, 4) is 0 Å². The highest BCUT2D eigenvalue weighted by Gasteiger charge is 2.27. The molecule has 0 aromatic rings. The maximum Gasteiger partial charge on any atom is 0.306 e. The molecule has 0 saturated carbocycles. The molecule has 0 saturated heterocycles. The van der Waals surface area contributed by atoms with Crippen LogP contribution in [0.3, 0.4) is 0 Å². The van der Waals surface area contributed by atoms with Crippen molar-refractivity contribution >= 4 is 19.7 Å². The van der Waals surface area contributed by atoms with Gasteiger partial charge in [-0.25, -0.2) is 0 Å². The van der Waals surface area contributed by atoms with Crippen LogP contribution in [0.15, 0.2) is 36.5 Å². The van der Waals surface area contributed by atoms with Gasteiger partial charge >= 0.3 is 5.97 Å². The third kappa shape index (κ3) is 51.0. The number of hydrogen-bond donors (Lipinski definition) is 1. The Morgan fingerprint density at radius 2 is 0.928 bits per heavy atom. The number of esters is 1. The summed E-state index contributed by atoms with van der Waals surface area (Å²) in [5, 5.41) is 3.03. The van der Waals surface area contributed by atoms with Crippen molar-refractivity contribution in [1.29, 1.82) is 0 Å². The standard InChI is InChI=1S/C59H113N2O7P/c1-7-10-13-16-19-22-25-28-30-31-32-33-36-39-42-45-48-51-58(62)60-56(55-67-69(64,65)66-54-53-61(4,5)6)57(50-47-44-41-38-35-27-24-21-18-15-12-9-3)68-59(63)52-49-46-43-40-37-34-29-26-23-20-17-14-11-8-2/h11,14,20,23,47,50,56-57H,7-10,12-13,15-19,21-22,24-46,48-49,51-55H2,1-6H3,(H-,60,62,64,65)/b14-11+,23-20+,50-47+. The number of carbonyl (C=O) groups is 2. The fourth-order valence-electron chi connectivity index (χ4n) is 8.56. The molecule has 69 heavy (non-hydrogen) atoms. The quantitative estimate of drug-likeness (QED) is 0.0212. The summed E-state index contributed by atoms with van der Waals surface area (Å²) in [5.74, 6) is -0.540. The van der Waals surface area contributed by atoms with E-state index >= 15 is 0 Å². The Hall–Kier alpha value is -1.77. The van der Waals surface area contributed by atoms with Gasteiger partial charge < -0.3 is 28.5 Å². The van der Waals surface area contributed by atoms with Crippen molar-refractivity contribution in [3.05, 3.63) is 36.5 Å². The molecular weight excluding hydrogens is 880 g/mol. The van der Waals surface area contributed by atoms with Crippen molar-refractivity contribution < 1.29 is 37.3 Å². The predicted octanol–water partition coefficient (Wildman–Crippen LogP) is 16.9. The average Bonchev–Trinajstić information content (AvgIpc) is 3.31. The van der Waals surface area contributed by atoms with Crippen LogP contribution in [0.4, 0.5) is 0 Å². The van der Waals surface area contributed by atoms with Gasteiger partial charge in [0, 0.05) is 12.8 Å². The van der Waals surface area contributed by atoms with Gasteiger partial charge in [-0.3, -0.25) is 14.2 Å². The monoisotopic (exact) mass is 993 g/mol. The van der Waals surface area contributed by atoms with Gasteiger partial charge in [-0.15, -0.1) is 0 Å². The van der Waals surface area contributed by atoms with Gasteiger partial charge in [-0.2, -0.15) is 0 Å². The molecule has 0 rings (SSSR count). The number of hydrogen-bond acceptors (Lipinski definition) is 7. The SMILES string of the molecule is CC/C=C/C/C=C/CCCCCCCCCC(=O)OC(/C=C/CCCCCCCCCCCC)C(COP(=O)([O-])OCC[N+](C)(C)C)NC(=O)CCCCCCCCCCCCCCCCCCC. The number of unbranched alkanes of at least 4 members (excludes halogenated alkanes) is 33. The molecule has 0 aromatic heterocycles. The first-order chi connectivity index (χ1) is 33.4. The molecule has 1 amide bonds. The van der Waals surface area contributed by atoms with E-state index in [-0.39, 0.29) is 31.5 Å². The van der Waals surface area contributed by atoms with Crippen LogP contribution in [0, 0.1) is 0 Å². The number of likely N-dealkylation sites (N-methyl/N-ethyl adjacent to an activating group) is 1. The number of nitrogens with zero attached hydrogens (tertiary/aromatic N) is 1. The van der Waals surface area contributed by atoms with E-state index in [0.29, 0.717) is 17.4 Å². The lowest BCUT2D eigenvalue weighted by atomic mass is 10.0. The number of rotatable bonds is 53. The number of carbonyl (C=O) groups excluding carboxylic acids is 2. The molecule has 406 valence electrons. The fraction of sp³-hybridized carbons (Fsp3) is 0.864. The molecule has 0 fully saturated rings. The van der Waals surface area contributed by atoms with Crippen LogP contribution in [-0.2, 0) is 27.9 Å². The maximum absolute atomic E-state index is 13.5. The predicted molar refractivity (Wildman–Crippen MR) is 293 cm³/mol. The summed E-state index contributed by atoms with van der Waals surface area (Å²) in [6.07, 6.45) is 58.2. The van der Waals surface area contributed by atoms with E-state index in [0.717, 1.165) is 83.5 Å².